The number of unbranched alkanes of at least 4 members (excludes halogenated alkanes) is 3. The lowest BCUT2D eigenvalue weighted by molar-refractivity contribution is -0.223. The minimum absolute atomic E-state index is 0.0227. The van der Waals surface area contributed by atoms with E-state index >= 15 is 0 Å². The average molecular weight is 242 g/mol. The van der Waals surface area contributed by atoms with Gasteiger partial charge >= 0.3 is 6.18 Å². The lowest BCUT2D eigenvalue weighted by atomic mass is 10.1. The van der Waals surface area contributed by atoms with Crippen LogP contribution in [0.2, 0.25) is 0 Å². The Bertz CT molecular complexity index is 160. The fraction of sp³-hybridized carbons (Fsp3) is 1.00. The molecule has 0 rings (SSSR count). The van der Waals surface area contributed by atoms with Crippen LogP contribution in [0.5, 0.6) is 0 Å². The molecule has 98 valence electrons. The van der Waals surface area contributed by atoms with Crippen LogP contribution in [0, 0.1) is 0 Å². The van der Waals surface area contributed by atoms with Crippen molar-refractivity contribution in [2.24, 2.45) is 0 Å². The van der Waals surface area contributed by atoms with Gasteiger partial charge in [0.05, 0.1) is 0 Å². The highest BCUT2D eigenvalue weighted by Gasteiger charge is 2.39. The van der Waals surface area contributed by atoms with Gasteiger partial charge in [0.25, 0.3) is 0 Å². The first kappa shape index (κ1) is 15.7. The molecular formula is C11H21F3O2. The van der Waals surface area contributed by atoms with Crippen molar-refractivity contribution in [3.8, 4) is 0 Å². The zero-order valence-electron chi connectivity index (χ0n) is 9.72. The number of aliphatic hydroxyl groups excluding tert-OH is 1. The summed E-state index contributed by atoms with van der Waals surface area (Å²) in [7, 11) is 0. The molecule has 0 saturated heterocycles. The van der Waals surface area contributed by atoms with Crippen LogP contribution in [0.3, 0.4) is 0 Å². The van der Waals surface area contributed by atoms with E-state index in [4.69, 9.17) is 9.84 Å². The molecule has 16 heavy (non-hydrogen) atoms. The standard InChI is InChI=1S/C11H21F3O2/c1-2-3-4-5-7-10(11(12,13)14)16-9-6-8-15/h10,15H,2-9H2,1H3/t10-/m0/s1. The molecular weight excluding hydrogens is 221 g/mol. The van der Waals surface area contributed by atoms with E-state index in [0.29, 0.717) is 6.42 Å². The van der Waals surface area contributed by atoms with E-state index in [2.05, 4.69) is 0 Å². The van der Waals surface area contributed by atoms with Crippen molar-refractivity contribution in [2.75, 3.05) is 13.2 Å². The topological polar surface area (TPSA) is 29.5 Å². The number of aliphatic hydroxyl groups is 1. The van der Waals surface area contributed by atoms with Crippen LogP contribution in [0.15, 0.2) is 0 Å². The summed E-state index contributed by atoms with van der Waals surface area (Å²) >= 11 is 0. The summed E-state index contributed by atoms with van der Waals surface area (Å²) in [5.74, 6) is 0. The van der Waals surface area contributed by atoms with E-state index in [1.165, 1.54) is 0 Å². The maximum absolute atomic E-state index is 12.5. The zero-order chi connectivity index (χ0) is 12.4. The Labute approximate surface area is 94.8 Å². The summed E-state index contributed by atoms with van der Waals surface area (Å²) in [6, 6.07) is 0. The van der Waals surface area contributed by atoms with Gasteiger partial charge in [-0.05, 0) is 12.8 Å². The van der Waals surface area contributed by atoms with Crippen LogP contribution < -0.4 is 0 Å². The van der Waals surface area contributed by atoms with Crippen molar-refractivity contribution in [3.63, 3.8) is 0 Å². The Balaban J connectivity index is 3.82. The SMILES string of the molecule is CCCCCC[C@H](OCCCO)C(F)(F)F. The van der Waals surface area contributed by atoms with E-state index in [0.717, 1.165) is 19.3 Å². The van der Waals surface area contributed by atoms with E-state index < -0.39 is 12.3 Å². The molecule has 1 N–H and O–H groups in total. The molecule has 0 radical (unpaired) electrons. The molecule has 2 nitrogen and oxygen atoms in total. The Kier molecular flexibility index (Phi) is 8.66. The molecule has 0 saturated carbocycles. The molecule has 0 bridgehead atoms. The average Bonchev–Trinajstić information content (AvgIpc) is 2.20. The fourth-order valence-electron chi connectivity index (χ4n) is 1.39. The van der Waals surface area contributed by atoms with Crippen LogP contribution in [0.25, 0.3) is 0 Å². The van der Waals surface area contributed by atoms with Gasteiger partial charge in [-0.3, -0.25) is 0 Å². The Hall–Kier alpha value is -0.290. The van der Waals surface area contributed by atoms with Crippen molar-refractivity contribution < 1.29 is 23.0 Å². The molecule has 0 fully saturated rings. The summed E-state index contributed by atoms with van der Waals surface area (Å²) in [6.45, 7) is 1.84. The molecule has 0 aromatic rings. The van der Waals surface area contributed by atoms with Gasteiger partial charge in [0.2, 0.25) is 0 Å². The van der Waals surface area contributed by atoms with Crippen LogP contribution >= 0.6 is 0 Å². The highest BCUT2D eigenvalue weighted by atomic mass is 19.4. The Morgan fingerprint density at radius 2 is 1.81 bits per heavy atom. The number of alkyl halides is 3. The number of rotatable bonds is 9. The quantitative estimate of drug-likeness (QED) is 0.629. The van der Waals surface area contributed by atoms with Crippen molar-refractivity contribution in [1.82, 2.24) is 0 Å². The maximum Gasteiger partial charge on any atom is 0.414 e. The molecule has 5 heteroatoms. The first-order valence-electron chi connectivity index (χ1n) is 5.81. The normalized spacial score (nSPS) is 14.1. The van der Waals surface area contributed by atoms with Gasteiger partial charge in [0.1, 0.15) is 0 Å². The molecule has 0 unspecified atom stereocenters. The third-order valence-electron chi connectivity index (χ3n) is 2.31. The van der Waals surface area contributed by atoms with Crippen molar-refractivity contribution in [2.45, 2.75) is 57.7 Å². The monoisotopic (exact) mass is 242 g/mol. The molecule has 0 aliphatic rings. The third-order valence-corrected chi connectivity index (χ3v) is 2.31. The Morgan fingerprint density at radius 1 is 1.12 bits per heavy atom. The number of halogens is 3. The van der Waals surface area contributed by atoms with Gasteiger partial charge in [0, 0.05) is 13.2 Å². The number of hydrogen-bond donors (Lipinski definition) is 1. The minimum atomic E-state index is -4.29. The molecule has 0 spiro atoms. The van der Waals surface area contributed by atoms with E-state index in [1.54, 1.807) is 0 Å². The molecule has 1 atom stereocenters. The molecule has 0 aliphatic carbocycles. The first-order chi connectivity index (χ1) is 7.52. The van der Waals surface area contributed by atoms with E-state index in [1.807, 2.05) is 6.92 Å². The highest BCUT2D eigenvalue weighted by molar-refractivity contribution is 4.67. The van der Waals surface area contributed by atoms with Crippen molar-refractivity contribution in [3.05, 3.63) is 0 Å². The molecule has 0 aliphatic heterocycles. The van der Waals surface area contributed by atoms with E-state index in [-0.39, 0.29) is 26.1 Å². The highest BCUT2D eigenvalue weighted by Crippen LogP contribution is 2.27. The summed E-state index contributed by atoms with van der Waals surface area (Å²) in [5, 5.41) is 8.47. The summed E-state index contributed by atoms with van der Waals surface area (Å²) in [5.41, 5.74) is 0. The third kappa shape index (κ3) is 7.93. The van der Waals surface area contributed by atoms with Crippen LogP contribution in [-0.4, -0.2) is 30.6 Å². The molecule has 0 amide bonds. The largest absolute Gasteiger partial charge is 0.414 e. The first-order valence-corrected chi connectivity index (χ1v) is 5.81. The maximum atomic E-state index is 12.5. The predicted molar refractivity (Wildman–Crippen MR) is 56.3 cm³/mol. The van der Waals surface area contributed by atoms with Crippen LogP contribution in [0.4, 0.5) is 13.2 Å². The lowest BCUT2D eigenvalue weighted by Crippen LogP contribution is -2.32. The van der Waals surface area contributed by atoms with Gasteiger partial charge in [0.15, 0.2) is 6.10 Å². The van der Waals surface area contributed by atoms with Crippen molar-refractivity contribution >= 4 is 0 Å². The number of hydrogen-bond acceptors (Lipinski definition) is 2. The smallest absolute Gasteiger partial charge is 0.396 e. The predicted octanol–water partition coefficient (Wildman–Crippen LogP) is 3.29. The molecule has 0 aromatic carbocycles. The summed E-state index contributed by atoms with van der Waals surface area (Å²) in [4.78, 5) is 0. The van der Waals surface area contributed by atoms with E-state index in [9.17, 15) is 13.2 Å². The van der Waals surface area contributed by atoms with Gasteiger partial charge in [-0.25, -0.2) is 0 Å². The summed E-state index contributed by atoms with van der Waals surface area (Å²) < 4.78 is 42.1. The minimum Gasteiger partial charge on any atom is -0.396 e. The molecule has 0 aromatic heterocycles. The van der Waals surface area contributed by atoms with Crippen LogP contribution in [0.1, 0.15) is 45.4 Å². The van der Waals surface area contributed by atoms with Gasteiger partial charge in [-0.15, -0.1) is 0 Å². The second-order valence-electron chi connectivity index (χ2n) is 3.83. The van der Waals surface area contributed by atoms with Crippen molar-refractivity contribution in [1.29, 1.82) is 0 Å². The van der Waals surface area contributed by atoms with Gasteiger partial charge < -0.3 is 9.84 Å². The van der Waals surface area contributed by atoms with Gasteiger partial charge in [-0.1, -0.05) is 32.6 Å². The van der Waals surface area contributed by atoms with Gasteiger partial charge in [-0.2, -0.15) is 13.2 Å². The Morgan fingerprint density at radius 3 is 2.31 bits per heavy atom. The fourth-order valence-corrected chi connectivity index (χ4v) is 1.39. The zero-order valence-corrected chi connectivity index (χ0v) is 9.72. The second kappa shape index (κ2) is 8.82. The van der Waals surface area contributed by atoms with Crippen LogP contribution in [-0.2, 0) is 4.74 Å². The second-order valence-corrected chi connectivity index (χ2v) is 3.83. The number of ether oxygens (including phenoxy) is 1. The lowest BCUT2D eigenvalue weighted by Gasteiger charge is -2.20. The summed E-state index contributed by atoms with van der Waals surface area (Å²) in [6.07, 6.45) is -2.37. The molecule has 0 heterocycles.